The molecule has 3 aromatic rings. The van der Waals surface area contributed by atoms with E-state index >= 15 is 0 Å². The number of amides is 1. The first-order valence-electron chi connectivity index (χ1n) is 9.51. The minimum atomic E-state index is -3.67. The van der Waals surface area contributed by atoms with Crippen LogP contribution in [0.15, 0.2) is 59.1 Å². The van der Waals surface area contributed by atoms with Gasteiger partial charge in [-0.05, 0) is 25.5 Å². The second kappa shape index (κ2) is 9.08. The molecule has 158 valence electrons. The second-order valence-corrected chi connectivity index (χ2v) is 8.77. The number of rotatable bonds is 8. The molecule has 0 aliphatic heterocycles. The smallest absolute Gasteiger partial charge is 0.246 e. The van der Waals surface area contributed by atoms with Crippen LogP contribution in [0, 0.1) is 6.92 Å². The molecule has 3 rings (SSSR count). The van der Waals surface area contributed by atoms with Crippen molar-refractivity contribution in [3.63, 3.8) is 0 Å². The Kier molecular flexibility index (Phi) is 6.51. The molecule has 1 N–H and O–H groups in total. The van der Waals surface area contributed by atoms with E-state index in [4.69, 9.17) is 4.52 Å². The van der Waals surface area contributed by atoms with Gasteiger partial charge in [0.15, 0.2) is 0 Å². The Morgan fingerprint density at radius 2 is 1.80 bits per heavy atom. The molecule has 8 nitrogen and oxygen atoms in total. The van der Waals surface area contributed by atoms with Crippen molar-refractivity contribution < 1.29 is 17.7 Å². The van der Waals surface area contributed by atoms with Crippen molar-refractivity contribution in [2.24, 2.45) is 0 Å². The number of para-hydroxylation sites is 1. The van der Waals surface area contributed by atoms with Crippen LogP contribution in [0.1, 0.15) is 24.8 Å². The Labute approximate surface area is 176 Å². The minimum absolute atomic E-state index is 0.000582. The molecular weight excluding hydrogens is 404 g/mol. The molecule has 0 aliphatic rings. The summed E-state index contributed by atoms with van der Waals surface area (Å²) >= 11 is 0. The molecule has 0 unspecified atom stereocenters. The van der Waals surface area contributed by atoms with Gasteiger partial charge in [-0.1, -0.05) is 60.1 Å². The summed E-state index contributed by atoms with van der Waals surface area (Å²) in [5, 5.41) is 6.64. The molecular formula is C21H24N4O4S. The van der Waals surface area contributed by atoms with Crippen molar-refractivity contribution in [2.75, 3.05) is 10.6 Å². The molecule has 0 spiro atoms. The first-order valence-corrected chi connectivity index (χ1v) is 11.4. The first kappa shape index (κ1) is 21.5. The third kappa shape index (κ3) is 5.04. The number of carbonyl (C=O) groups excluding carboxylic acids is 1. The second-order valence-electron chi connectivity index (χ2n) is 6.91. The van der Waals surface area contributed by atoms with Crippen LogP contribution in [0.4, 0.5) is 5.69 Å². The number of hydrogen-bond donors (Lipinski definition) is 1. The zero-order chi connectivity index (χ0) is 21.7. The molecule has 0 aliphatic carbocycles. The lowest BCUT2D eigenvalue weighted by Gasteiger charge is -2.29. The molecule has 0 bridgehead atoms. The fourth-order valence-electron chi connectivity index (χ4n) is 3.06. The highest BCUT2D eigenvalue weighted by atomic mass is 32.2. The van der Waals surface area contributed by atoms with Crippen LogP contribution in [0.5, 0.6) is 0 Å². The van der Waals surface area contributed by atoms with Gasteiger partial charge in [0, 0.05) is 5.56 Å². The fraction of sp³-hybridized carbons (Fsp3) is 0.286. The summed E-state index contributed by atoms with van der Waals surface area (Å²) in [7, 11) is -3.67. The zero-order valence-electron chi connectivity index (χ0n) is 17.1. The van der Waals surface area contributed by atoms with Gasteiger partial charge in [-0.15, -0.1) is 0 Å². The Morgan fingerprint density at radius 3 is 2.40 bits per heavy atom. The van der Waals surface area contributed by atoms with E-state index in [1.54, 1.807) is 37.3 Å². The van der Waals surface area contributed by atoms with Crippen LogP contribution >= 0.6 is 0 Å². The summed E-state index contributed by atoms with van der Waals surface area (Å²) in [4.78, 5) is 17.1. The molecule has 0 radical (unpaired) electrons. The van der Waals surface area contributed by atoms with Gasteiger partial charge >= 0.3 is 0 Å². The summed E-state index contributed by atoms with van der Waals surface area (Å²) in [5.74, 6) is 0.217. The van der Waals surface area contributed by atoms with Gasteiger partial charge in [0.1, 0.15) is 6.04 Å². The van der Waals surface area contributed by atoms with E-state index in [2.05, 4.69) is 15.5 Å². The minimum Gasteiger partial charge on any atom is -0.345 e. The monoisotopic (exact) mass is 428 g/mol. The van der Waals surface area contributed by atoms with Gasteiger partial charge in [0.05, 0.1) is 18.5 Å². The van der Waals surface area contributed by atoms with Gasteiger partial charge in [-0.3, -0.25) is 9.10 Å². The number of anilines is 1. The van der Waals surface area contributed by atoms with E-state index in [0.29, 0.717) is 17.9 Å². The number of nitrogens with one attached hydrogen (secondary N) is 1. The summed E-state index contributed by atoms with van der Waals surface area (Å²) < 4.78 is 31.2. The third-order valence-corrected chi connectivity index (χ3v) is 5.71. The topological polar surface area (TPSA) is 105 Å². The number of aromatic nitrogens is 2. The van der Waals surface area contributed by atoms with Crippen LogP contribution in [0.25, 0.3) is 11.4 Å². The largest absolute Gasteiger partial charge is 0.345 e. The number of nitrogens with zero attached hydrogens (tertiary/aromatic N) is 3. The molecule has 1 aromatic heterocycles. The SMILES string of the molecule is CC[C@H](C(=O)NCc1nc(-c2ccc(C)cc2)no1)N(c1ccccc1)S(C)(=O)=O. The van der Waals surface area contributed by atoms with Gasteiger partial charge in [0.2, 0.25) is 27.6 Å². The predicted molar refractivity (Wildman–Crippen MR) is 114 cm³/mol. The van der Waals surface area contributed by atoms with Crippen LogP contribution in [0.3, 0.4) is 0 Å². The Bertz CT molecular complexity index is 1100. The number of sulfonamides is 1. The van der Waals surface area contributed by atoms with E-state index in [0.717, 1.165) is 21.7 Å². The average Bonchev–Trinajstić information content (AvgIpc) is 3.19. The van der Waals surface area contributed by atoms with Gasteiger partial charge in [-0.25, -0.2) is 8.42 Å². The third-order valence-electron chi connectivity index (χ3n) is 4.53. The van der Waals surface area contributed by atoms with E-state index in [9.17, 15) is 13.2 Å². The Hall–Kier alpha value is -3.20. The number of hydrogen-bond acceptors (Lipinski definition) is 6. The van der Waals surface area contributed by atoms with Crippen molar-refractivity contribution in [3.8, 4) is 11.4 Å². The van der Waals surface area contributed by atoms with Crippen molar-refractivity contribution in [1.29, 1.82) is 0 Å². The van der Waals surface area contributed by atoms with E-state index < -0.39 is 22.0 Å². The van der Waals surface area contributed by atoms with Crippen molar-refractivity contribution in [2.45, 2.75) is 32.9 Å². The molecule has 0 saturated heterocycles. The van der Waals surface area contributed by atoms with Gasteiger partial charge < -0.3 is 9.84 Å². The fourth-order valence-corrected chi connectivity index (χ4v) is 4.27. The molecule has 0 fully saturated rings. The normalized spacial score (nSPS) is 12.4. The maximum absolute atomic E-state index is 12.8. The van der Waals surface area contributed by atoms with Crippen LogP contribution in [-0.2, 0) is 21.4 Å². The predicted octanol–water partition coefficient (Wildman–Crippen LogP) is 2.91. The van der Waals surface area contributed by atoms with Gasteiger partial charge in [0.25, 0.3) is 0 Å². The number of benzene rings is 2. The number of carbonyl (C=O) groups is 1. The Morgan fingerprint density at radius 1 is 1.13 bits per heavy atom. The summed E-state index contributed by atoms with van der Waals surface area (Å²) in [6.07, 6.45) is 1.38. The van der Waals surface area contributed by atoms with Crippen LogP contribution in [0.2, 0.25) is 0 Å². The highest BCUT2D eigenvalue weighted by Crippen LogP contribution is 2.22. The van der Waals surface area contributed by atoms with Gasteiger partial charge in [-0.2, -0.15) is 4.98 Å². The highest BCUT2D eigenvalue weighted by molar-refractivity contribution is 7.92. The lowest BCUT2D eigenvalue weighted by atomic mass is 10.1. The highest BCUT2D eigenvalue weighted by Gasteiger charge is 2.31. The molecule has 9 heteroatoms. The van der Waals surface area contributed by atoms with E-state index in [-0.39, 0.29) is 12.4 Å². The summed E-state index contributed by atoms with van der Waals surface area (Å²) in [5.41, 5.74) is 2.36. The maximum Gasteiger partial charge on any atom is 0.246 e. The maximum atomic E-state index is 12.8. The molecule has 2 aromatic carbocycles. The standard InChI is InChI=1S/C21H24N4O4S/c1-4-18(25(30(3,27)28)17-8-6-5-7-9-17)21(26)22-14-19-23-20(24-29-19)16-12-10-15(2)11-13-16/h5-13,18H,4,14H2,1-3H3,(H,22,26)/t18-/m1/s1. The van der Waals surface area contributed by atoms with Crippen LogP contribution < -0.4 is 9.62 Å². The molecule has 30 heavy (non-hydrogen) atoms. The van der Waals surface area contributed by atoms with E-state index in [1.165, 1.54) is 0 Å². The first-order chi connectivity index (χ1) is 14.3. The molecule has 1 heterocycles. The molecule has 1 atom stereocenters. The van der Waals surface area contributed by atoms with Crippen LogP contribution in [-0.4, -0.2) is 36.8 Å². The summed E-state index contributed by atoms with van der Waals surface area (Å²) in [6, 6.07) is 15.3. The van der Waals surface area contributed by atoms with Crippen molar-refractivity contribution in [1.82, 2.24) is 15.5 Å². The average molecular weight is 429 g/mol. The Balaban J connectivity index is 1.73. The lowest BCUT2D eigenvalue weighted by Crippen LogP contribution is -2.49. The quantitative estimate of drug-likeness (QED) is 0.591. The summed E-state index contributed by atoms with van der Waals surface area (Å²) in [6.45, 7) is 3.74. The van der Waals surface area contributed by atoms with E-state index in [1.807, 2.05) is 31.2 Å². The van der Waals surface area contributed by atoms with Crippen molar-refractivity contribution in [3.05, 3.63) is 66.1 Å². The zero-order valence-corrected chi connectivity index (χ0v) is 17.9. The molecule has 0 saturated carbocycles. The van der Waals surface area contributed by atoms with Crippen molar-refractivity contribution >= 4 is 21.6 Å². The molecule has 1 amide bonds. The lowest BCUT2D eigenvalue weighted by molar-refractivity contribution is -0.122. The number of aryl methyl sites for hydroxylation is 1.